The molecule has 0 aliphatic rings. The molecule has 0 aliphatic heterocycles. The first-order chi connectivity index (χ1) is 9.38. The number of nitrogens with two attached hydrogens (primary N) is 1. The minimum absolute atomic E-state index is 0.240. The Balaban J connectivity index is 2.26. The molecule has 0 aromatic heterocycles. The van der Waals surface area contributed by atoms with Crippen LogP contribution in [-0.4, -0.2) is 5.91 Å². The van der Waals surface area contributed by atoms with Crippen molar-refractivity contribution in [3.63, 3.8) is 0 Å². The van der Waals surface area contributed by atoms with Crippen molar-refractivity contribution in [3.05, 3.63) is 56.5 Å². The van der Waals surface area contributed by atoms with Gasteiger partial charge in [-0.25, -0.2) is 0 Å². The number of nitrogens with one attached hydrogen (secondary N) is 1. The second-order valence-corrected chi connectivity index (χ2v) is 5.49. The first kappa shape index (κ1) is 15.0. The lowest BCUT2D eigenvalue weighted by molar-refractivity contribution is 0.102. The minimum Gasteiger partial charge on any atom is -0.396 e. The van der Waals surface area contributed by atoms with Crippen LogP contribution in [0.3, 0.4) is 0 Å². The van der Waals surface area contributed by atoms with E-state index in [1.165, 1.54) is 12.1 Å². The van der Waals surface area contributed by atoms with E-state index in [0.29, 0.717) is 16.3 Å². The molecule has 0 atom stereocenters. The highest BCUT2D eigenvalue weighted by atomic mass is 35.5. The van der Waals surface area contributed by atoms with Crippen LogP contribution in [0.2, 0.25) is 15.1 Å². The van der Waals surface area contributed by atoms with E-state index in [-0.39, 0.29) is 21.6 Å². The molecule has 0 fully saturated rings. The maximum absolute atomic E-state index is 12.1. The van der Waals surface area contributed by atoms with E-state index in [4.69, 9.17) is 40.5 Å². The summed E-state index contributed by atoms with van der Waals surface area (Å²) in [6, 6.07) is 8.19. The topological polar surface area (TPSA) is 55.1 Å². The number of halogens is 3. The molecule has 2 aromatic carbocycles. The number of anilines is 2. The van der Waals surface area contributed by atoms with Crippen molar-refractivity contribution in [1.29, 1.82) is 0 Å². The molecule has 0 spiro atoms. The number of aryl methyl sites for hydroxylation is 1. The summed E-state index contributed by atoms with van der Waals surface area (Å²) >= 11 is 17.8. The molecule has 20 heavy (non-hydrogen) atoms. The van der Waals surface area contributed by atoms with Gasteiger partial charge in [0.1, 0.15) is 0 Å². The number of carbonyl (C=O) groups is 1. The SMILES string of the molecule is Cc1ccc(NC(=O)c2cc(Cl)c(N)c(Cl)c2)cc1Cl. The molecule has 0 heterocycles. The Morgan fingerprint density at radius 2 is 1.65 bits per heavy atom. The van der Waals surface area contributed by atoms with E-state index in [9.17, 15) is 4.79 Å². The summed E-state index contributed by atoms with van der Waals surface area (Å²) < 4.78 is 0. The fourth-order valence-corrected chi connectivity index (χ4v) is 2.26. The van der Waals surface area contributed by atoms with E-state index in [0.717, 1.165) is 5.56 Å². The van der Waals surface area contributed by atoms with Crippen LogP contribution in [0.1, 0.15) is 15.9 Å². The second-order valence-electron chi connectivity index (χ2n) is 4.27. The van der Waals surface area contributed by atoms with Crippen LogP contribution in [0, 0.1) is 6.92 Å². The summed E-state index contributed by atoms with van der Waals surface area (Å²) in [5.41, 5.74) is 7.73. The monoisotopic (exact) mass is 328 g/mol. The predicted molar refractivity (Wildman–Crippen MR) is 85.0 cm³/mol. The van der Waals surface area contributed by atoms with Crippen molar-refractivity contribution in [1.82, 2.24) is 0 Å². The third-order valence-electron chi connectivity index (χ3n) is 2.77. The van der Waals surface area contributed by atoms with Gasteiger partial charge in [0.05, 0.1) is 15.7 Å². The van der Waals surface area contributed by atoms with E-state index in [1.807, 2.05) is 13.0 Å². The number of hydrogen-bond acceptors (Lipinski definition) is 2. The molecule has 104 valence electrons. The Bertz CT molecular complexity index is 663. The zero-order valence-electron chi connectivity index (χ0n) is 10.5. The normalized spacial score (nSPS) is 10.4. The van der Waals surface area contributed by atoms with E-state index in [1.54, 1.807) is 12.1 Å². The lowest BCUT2D eigenvalue weighted by atomic mass is 10.1. The highest BCUT2D eigenvalue weighted by Crippen LogP contribution is 2.29. The molecule has 0 radical (unpaired) electrons. The lowest BCUT2D eigenvalue weighted by Crippen LogP contribution is -2.12. The van der Waals surface area contributed by atoms with Crippen LogP contribution in [0.4, 0.5) is 11.4 Å². The maximum Gasteiger partial charge on any atom is 0.255 e. The Kier molecular flexibility index (Phi) is 4.43. The van der Waals surface area contributed by atoms with Gasteiger partial charge in [-0.1, -0.05) is 40.9 Å². The first-order valence-corrected chi connectivity index (χ1v) is 6.84. The van der Waals surface area contributed by atoms with Crippen molar-refractivity contribution in [2.24, 2.45) is 0 Å². The first-order valence-electron chi connectivity index (χ1n) is 5.70. The van der Waals surface area contributed by atoms with Gasteiger partial charge >= 0.3 is 0 Å². The van der Waals surface area contributed by atoms with Gasteiger partial charge in [-0.2, -0.15) is 0 Å². The molecule has 0 aliphatic carbocycles. The molecular formula is C14H11Cl3N2O. The molecule has 0 unspecified atom stereocenters. The number of nitrogen functional groups attached to an aromatic ring is 1. The summed E-state index contributed by atoms with van der Waals surface area (Å²) in [4.78, 5) is 12.1. The summed E-state index contributed by atoms with van der Waals surface area (Å²) in [6.07, 6.45) is 0. The molecule has 3 N–H and O–H groups in total. The van der Waals surface area contributed by atoms with Gasteiger partial charge in [-0.05, 0) is 36.8 Å². The van der Waals surface area contributed by atoms with Gasteiger partial charge in [0, 0.05) is 16.3 Å². The second kappa shape index (κ2) is 5.92. The Hall–Kier alpha value is -1.42. The number of carbonyl (C=O) groups excluding carboxylic acids is 1. The summed E-state index contributed by atoms with van der Waals surface area (Å²) in [7, 11) is 0. The van der Waals surface area contributed by atoms with Crippen molar-refractivity contribution in [2.75, 3.05) is 11.1 Å². The van der Waals surface area contributed by atoms with Crippen molar-refractivity contribution < 1.29 is 4.79 Å². The summed E-state index contributed by atoms with van der Waals surface area (Å²) in [5.74, 6) is -0.339. The van der Waals surface area contributed by atoms with Crippen LogP contribution in [-0.2, 0) is 0 Å². The van der Waals surface area contributed by atoms with E-state index in [2.05, 4.69) is 5.32 Å². The van der Waals surface area contributed by atoms with Gasteiger partial charge in [0.2, 0.25) is 0 Å². The fourth-order valence-electron chi connectivity index (χ4n) is 1.59. The van der Waals surface area contributed by atoms with Crippen molar-refractivity contribution in [2.45, 2.75) is 6.92 Å². The Morgan fingerprint density at radius 3 is 2.20 bits per heavy atom. The summed E-state index contributed by atoms with van der Waals surface area (Å²) in [5, 5.41) is 3.78. The molecular weight excluding hydrogens is 319 g/mol. The van der Waals surface area contributed by atoms with Gasteiger partial charge < -0.3 is 11.1 Å². The van der Waals surface area contributed by atoms with Crippen molar-refractivity contribution in [3.8, 4) is 0 Å². The minimum atomic E-state index is -0.339. The maximum atomic E-state index is 12.1. The molecule has 6 heteroatoms. The molecule has 1 amide bonds. The number of rotatable bonds is 2. The van der Waals surface area contributed by atoms with Gasteiger partial charge in [-0.3, -0.25) is 4.79 Å². The van der Waals surface area contributed by atoms with Crippen LogP contribution in [0.25, 0.3) is 0 Å². The number of hydrogen-bond donors (Lipinski definition) is 2. The zero-order valence-corrected chi connectivity index (χ0v) is 12.8. The highest BCUT2D eigenvalue weighted by molar-refractivity contribution is 6.39. The molecule has 2 aromatic rings. The zero-order chi connectivity index (χ0) is 14.9. The summed E-state index contributed by atoms with van der Waals surface area (Å²) in [6.45, 7) is 1.88. The molecule has 2 rings (SSSR count). The average Bonchev–Trinajstić information content (AvgIpc) is 2.39. The molecule has 0 saturated carbocycles. The van der Waals surface area contributed by atoms with Gasteiger partial charge in [0.15, 0.2) is 0 Å². The molecule has 0 saturated heterocycles. The molecule has 0 bridgehead atoms. The largest absolute Gasteiger partial charge is 0.396 e. The third-order valence-corrected chi connectivity index (χ3v) is 3.80. The standard InChI is InChI=1S/C14H11Cl3N2O/c1-7-2-3-9(6-10(7)15)19-14(20)8-4-11(16)13(18)12(17)5-8/h2-6H,18H2,1H3,(H,19,20). The van der Waals surface area contributed by atoms with Gasteiger partial charge in [-0.15, -0.1) is 0 Å². The Labute approximate surface area is 131 Å². The van der Waals surface area contributed by atoms with E-state index < -0.39 is 0 Å². The lowest BCUT2D eigenvalue weighted by Gasteiger charge is -2.09. The van der Waals surface area contributed by atoms with Crippen molar-refractivity contribution >= 4 is 52.1 Å². The highest BCUT2D eigenvalue weighted by Gasteiger charge is 2.12. The van der Waals surface area contributed by atoms with Crippen LogP contribution >= 0.6 is 34.8 Å². The molecule has 3 nitrogen and oxygen atoms in total. The Morgan fingerprint density at radius 1 is 1.05 bits per heavy atom. The quantitative estimate of drug-likeness (QED) is 0.778. The van der Waals surface area contributed by atoms with E-state index >= 15 is 0 Å². The predicted octanol–water partition coefficient (Wildman–Crippen LogP) is 4.79. The fraction of sp³-hybridized carbons (Fsp3) is 0.0714. The van der Waals surface area contributed by atoms with Crippen LogP contribution < -0.4 is 11.1 Å². The third kappa shape index (κ3) is 3.18. The number of amides is 1. The average molecular weight is 330 g/mol. The smallest absolute Gasteiger partial charge is 0.255 e. The van der Waals surface area contributed by atoms with Crippen LogP contribution in [0.15, 0.2) is 30.3 Å². The van der Waals surface area contributed by atoms with Gasteiger partial charge in [0.25, 0.3) is 5.91 Å². The number of benzene rings is 2. The van der Waals surface area contributed by atoms with Crippen LogP contribution in [0.5, 0.6) is 0 Å².